The Morgan fingerprint density at radius 2 is 1.81 bits per heavy atom. The van der Waals surface area contributed by atoms with E-state index in [1.165, 1.54) is 0 Å². The molecule has 0 radical (unpaired) electrons. The monoisotopic (exact) mass is 318 g/mol. The van der Waals surface area contributed by atoms with Crippen molar-refractivity contribution in [2.45, 2.75) is 0 Å². The second-order valence-electron chi connectivity index (χ2n) is 2.86. The van der Waals surface area contributed by atoms with E-state index in [0.717, 1.165) is 4.47 Å². The lowest BCUT2D eigenvalue weighted by Gasteiger charge is -2.05. The fourth-order valence-corrected chi connectivity index (χ4v) is 1.53. The molecule has 0 aliphatic carbocycles. The summed E-state index contributed by atoms with van der Waals surface area (Å²) < 4.78 is 6.16. The quantitative estimate of drug-likeness (QED) is 0.826. The molecule has 1 aromatic carbocycles. The SMILES string of the molecule is Clc1ccc(Cl)c(Oc2ncc(Br)cn2)c1. The summed E-state index contributed by atoms with van der Waals surface area (Å²) in [5.41, 5.74) is 0. The Labute approximate surface area is 111 Å². The normalized spacial score (nSPS) is 10.2. The van der Waals surface area contributed by atoms with Crippen molar-refractivity contribution in [3.63, 3.8) is 0 Å². The number of ether oxygens (including phenoxy) is 1. The van der Waals surface area contributed by atoms with Gasteiger partial charge >= 0.3 is 6.01 Å². The zero-order valence-electron chi connectivity index (χ0n) is 7.82. The molecule has 0 aliphatic heterocycles. The van der Waals surface area contributed by atoms with Gasteiger partial charge in [0.2, 0.25) is 0 Å². The first-order chi connectivity index (χ1) is 7.65. The zero-order chi connectivity index (χ0) is 11.5. The molecule has 0 saturated carbocycles. The van der Waals surface area contributed by atoms with Gasteiger partial charge in [-0.25, -0.2) is 9.97 Å². The maximum Gasteiger partial charge on any atom is 0.321 e. The van der Waals surface area contributed by atoms with Crippen molar-refractivity contribution in [3.8, 4) is 11.8 Å². The molecule has 0 fully saturated rings. The van der Waals surface area contributed by atoms with E-state index in [2.05, 4.69) is 25.9 Å². The maximum atomic E-state index is 5.93. The third-order valence-corrected chi connectivity index (χ3v) is 2.65. The van der Waals surface area contributed by atoms with Crippen molar-refractivity contribution < 1.29 is 4.74 Å². The largest absolute Gasteiger partial charge is 0.423 e. The van der Waals surface area contributed by atoms with E-state index in [1.807, 2.05) is 0 Å². The number of rotatable bonds is 2. The number of aromatic nitrogens is 2. The van der Waals surface area contributed by atoms with Crippen LogP contribution >= 0.6 is 39.1 Å². The Hall–Kier alpha value is -0.840. The van der Waals surface area contributed by atoms with Crippen molar-refractivity contribution in [1.29, 1.82) is 0 Å². The number of hydrogen-bond acceptors (Lipinski definition) is 3. The van der Waals surface area contributed by atoms with Crippen LogP contribution in [0, 0.1) is 0 Å². The molecular formula is C10H5BrCl2N2O. The third kappa shape index (κ3) is 2.84. The average Bonchev–Trinajstić information content (AvgIpc) is 2.27. The summed E-state index contributed by atoms with van der Waals surface area (Å²) in [6.45, 7) is 0. The molecule has 3 nitrogen and oxygen atoms in total. The van der Waals surface area contributed by atoms with Gasteiger partial charge in [0.15, 0.2) is 5.75 Å². The Bertz CT molecular complexity index is 505. The van der Waals surface area contributed by atoms with Gasteiger partial charge in [0.1, 0.15) is 0 Å². The minimum Gasteiger partial charge on any atom is -0.423 e. The molecule has 82 valence electrons. The van der Waals surface area contributed by atoms with Gasteiger partial charge in [0.05, 0.1) is 9.50 Å². The van der Waals surface area contributed by atoms with Crippen molar-refractivity contribution >= 4 is 39.1 Å². The molecule has 0 unspecified atom stereocenters. The minimum atomic E-state index is 0.215. The first-order valence-corrected chi connectivity index (χ1v) is 5.80. The third-order valence-electron chi connectivity index (χ3n) is 1.69. The topological polar surface area (TPSA) is 35.0 Å². The molecule has 0 amide bonds. The number of benzene rings is 1. The summed E-state index contributed by atoms with van der Waals surface area (Å²) in [4.78, 5) is 7.92. The lowest BCUT2D eigenvalue weighted by Crippen LogP contribution is -1.91. The molecule has 0 saturated heterocycles. The average molecular weight is 320 g/mol. The van der Waals surface area contributed by atoms with Crippen molar-refractivity contribution in [2.24, 2.45) is 0 Å². The first-order valence-electron chi connectivity index (χ1n) is 4.25. The number of halogens is 3. The zero-order valence-corrected chi connectivity index (χ0v) is 10.9. The second kappa shape index (κ2) is 4.99. The molecule has 1 aromatic heterocycles. The van der Waals surface area contributed by atoms with Gasteiger partial charge < -0.3 is 4.74 Å². The van der Waals surface area contributed by atoms with Gasteiger partial charge in [-0.3, -0.25) is 0 Å². The first kappa shape index (κ1) is 11.6. The molecule has 6 heteroatoms. The second-order valence-corrected chi connectivity index (χ2v) is 4.62. The predicted octanol–water partition coefficient (Wildman–Crippen LogP) is 4.34. The molecule has 0 bridgehead atoms. The van der Waals surface area contributed by atoms with E-state index in [1.54, 1.807) is 30.6 Å². The van der Waals surface area contributed by atoms with Crippen LogP contribution < -0.4 is 4.74 Å². The Balaban J connectivity index is 2.26. The fraction of sp³-hybridized carbons (Fsp3) is 0. The van der Waals surface area contributed by atoms with E-state index in [-0.39, 0.29) is 6.01 Å². The molecular weight excluding hydrogens is 315 g/mol. The molecule has 1 heterocycles. The fourth-order valence-electron chi connectivity index (χ4n) is 1.01. The van der Waals surface area contributed by atoms with Gasteiger partial charge in [-0.1, -0.05) is 23.2 Å². The highest BCUT2D eigenvalue weighted by Gasteiger charge is 2.05. The smallest absolute Gasteiger partial charge is 0.321 e. The molecule has 0 aliphatic rings. The molecule has 0 spiro atoms. The van der Waals surface area contributed by atoms with Crippen molar-refractivity contribution in [3.05, 3.63) is 45.1 Å². The standard InChI is InChI=1S/C10H5BrCl2N2O/c11-6-4-14-10(15-5-6)16-9-3-7(12)1-2-8(9)13/h1-5H. The minimum absolute atomic E-state index is 0.215. The van der Waals surface area contributed by atoms with Crippen LogP contribution in [-0.2, 0) is 0 Å². The molecule has 16 heavy (non-hydrogen) atoms. The van der Waals surface area contributed by atoms with Gasteiger partial charge in [0, 0.05) is 23.5 Å². The van der Waals surface area contributed by atoms with Crippen LogP contribution in [0.2, 0.25) is 10.0 Å². The summed E-state index contributed by atoms with van der Waals surface area (Å²) >= 11 is 15.0. The van der Waals surface area contributed by atoms with Crippen LogP contribution in [-0.4, -0.2) is 9.97 Å². The summed E-state index contributed by atoms with van der Waals surface area (Å²) in [5, 5.41) is 0.993. The van der Waals surface area contributed by atoms with Crippen molar-refractivity contribution in [2.75, 3.05) is 0 Å². The Morgan fingerprint density at radius 3 is 2.50 bits per heavy atom. The molecule has 0 atom stereocenters. The van der Waals surface area contributed by atoms with Gasteiger partial charge in [-0.05, 0) is 28.1 Å². The Morgan fingerprint density at radius 1 is 1.12 bits per heavy atom. The van der Waals surface area contributed by atoms with Crippen LogP contribution in [0.4, 0.5) is 0 Å². The van der Waals surface area contributed by atoms with Crippen LogP contribution in [0.5, 0.6) is 11.8 Å². The summed E-state index contributed by atoms with van der Waals surface area (Å²) in [7, 11) is 0. The van der Waals surface area contributed by atoms with Crippen LogP contribution in [0.1, 0.15) is 0 Å². The van der Waals surface area contributed by atoms with E-state index in [0.29, 0.717) is 15.8 Å². The highest BCUT2D eigenvalue weighted by atomic mass is 79.9. The number of hydrogen-bond donors (Lipinski definition) is 0. The summed E-state index contributed by atoms with van der Waals surface area (Å²) in [6, 6.07) is 5.15. The lowest BCUT2D eigenvalue weighted by atomic mass is 10.3. The van der Waals surface area contributed by atoms with Crippen LogP contribution in [0.15, 0.2) is 35.1 Å². The van der Waals surface area contributed by atoms with Crippen LogP contribution in [0.25, 0.3) is 0 Å². The van der Waals surface area contributed by atoms with E-state index in [9.17, 15) is 0 Å². The van der Waals surface area contributed by atoms with Gasteiger partial charge in [-0.2, -0.15) is 0 Å². The number of nitrogens with zero attached hydrogens (tertiary/aromatic N) is 2. The summed E-state index contributed by atoms with van der Waals surface area (Å²) in [5.74, 6) is 0.427. The highest BCUT2D eigenvalue weighted by Crippen LogP contribution is 2.30. The van der Waals surface area contributed by atoms with Crippen molar-refractivity contribution in [1.82, 2.24) is 9.97 Å². The van der Waals surface area contributed by atoms with E-state index >= 15 is 0 Å². The van der Waals surface area contributed by atoms with E-state index in [4.69, 9.17) is 27.9 Å². The van der Waals surface area contributed by atoms with E-state index < -0.39 is 0 Å². The molecule has 2 aromatic rings. The van der Waals surface area contributed by atoms with Gasteiger partial charge in [-0.15, -0.1) is 0 Å². The Kier molecular flexibility index (Phi) is 3.63. The van der Waals surface area contributed by atoms with Crippen LogP contribution in [0.3, 0.4) is 0 Å². The van der Waals surface area contributed by atoms with Gasteiger partial charge in [0.25, 0.3) is 0 Å². The molecule has 2 rings (SSSR count). The lowest BCUT2D eigenvalue weighted by molar-refractivity contribution is 0.441. The highest BCUT2D eigenvalue weighted by molar-refractivity contribution is 9.10. The predicted molar refractivity (Wildman–Crippen MR) is 66.3 cm³/mol. The molecule has 0 N–H and O–H groups in total. The maximum absolute atomic E-state index is 5.93. The summed E-state index contributed by atoms with van der Waals surface area (Å²) in [6.07, 6.45) is 3.17.